The van der Waals surface area contributed by atoms with Gasteiger partial charge in [0.05, 0.1) is 5.56 Å². The summed E-state index contributed by atoms with van der Waals surface area (Å²) in [7, 11) is 1.94. The second-order valence-electron chi connectivity index (χ2n) is 7.42. The molecule has 0 radical (unpaired) electrons. The van der Waals surface area contributed by atoms with E-state index < -0.39 is 0 Å². The molecule has 1 atom stereocenters. The number of amides is 2. The van der Waals surface area contributed by atoms with Gasteiger partial charge in [-0.25, -0.2) is 0 Å². The van der Waals surface area contributed by atoms with Gasteiger partial charge < -0.3 is 15.5 Å². The molecule has 4 rings (SSSR count). The first-order valence-corrected chi connectivity index (χ1v) is 10.5. The average Bonchev–Trinajstić information content (AvgIpc) is 3.41. The number of hydrogen-bond acceptors (Lipinski definition) is 4. The molecular formula is C21H25N3O2S. The number of nitrogens with zero attached hydrogens (tertiary/aromatic N) is 1. The second-order valence-corrected chi connectivity index (χ2v) is 8.33. The van der Waals surface area contributed by atoms with Crippen molar-refractivity contribution in [1.29, 1.82) is 0 Å². The fourth-order valence-electron chi connectivity index (χ4n) is 4.11. The highest BCUT2D eigenvalue weighted by Gasteiger charge is 2.28. The first-order valence-electron chi connectivity index (χ1n) is 9.60. The van der Waals surface area contributed by atoms with E-state index in [1.807, 2.05) is 35.5 Å². The summed E-state index contributed by atoms with van der Waals surface area (Å²) in [5, 5.41) is 8.65. The molecule has 1 saturated heterocycles. The molecule has 1 aromatic carbocycles. The Bertz CT molecular complexity index is 861. The molecule has 1 aromatic heterocycles. The highest BCUT2D eigenvalue weighted by Crippen LogP contribution is 2.28. The zero-order chi connectivity index (χ0) is 18.8. The summed E-state index contributed by atoms with van der Waals surface area (Å²) in [6.07, 6.45) is 4.33. The summed E-state index contributed by atoms with van der Waals surface area (Å²) >= 11 is 1.40. The third kappa shape index (κ3) is 3.77. The Labute approximate surface area is 163 Å². The average molecular weight is 384 g/mol. The number of aryl methyl sites for hydroxylation is 2. The number of benzene rings is 1. The first kappa shape index (κ1) is 18.2. The molecule has 142 valence electrons. The largest absolute Gasteiger partial charge is 0.338 e. The predicted molar refractivity (Wildman–Crippen MR) is 109 cm³/mol. The van der Waals surface area contributed by atoms with Crippen molar-refractivity contribution in [2.45, 2.75) is 25.7 Å². The maximum absolute atomic E-state index is 12.9. The van der Waals surface area contributed by atoms with Crippen molar-refractivity contribution in [2.75, 3.05) is 32.0 Å². The lowest BCUT2D eigenvalue weighted by molar-refractivity contribution is 0.0788. The van der Waals surface area contributed by atoms with Crippen LogP contribution in [0.3, 0.4) is 0 Å². The predicted octanol–water partition coefficient (Wildman–Crippen LogP) is 3.17. The summed E-state index contributed by atoms with van der Waals surface area (Å²) < 4.78 is 0. The van der Waals surface area contributed by atoms with Crippen LogP contribution in [-0.4, -0.2) is 43.4 Å². The van der Waals surface area contributed by atoms with E-state index in [0.717, 1.165) is 45.3 Å². The van der Waals surface area contributed by atoms with Crippen molar-refractivity contribution in [3.8, 4) is 0 Å². The standard InChI is InChI=1S/C21H25N3O2S/c1-22-12-14-7-9-24(13-14)21(26)18-8-10-27-20(18)23-19(25)17-6-5-15-3-2-4-16(15)11-17/h5-6,8,10-11,14,22H,2-4,7,9,12-13H2,1H3,(H,23,25). The Morgan fingerprint density at radius 3 is 2.93 bits per heavy atom. The Morgan fingerprint density at radius 2 is 2.07 bits per heavy atom. The zero-order valence-corrected chi connectivity index (χ0v) is 16.4. The number of hydrogen-bond donors (Lipinski definition) is 2. The fraction of sp³-hybridized carbons (Fsp3) is 0.429. The van der Waals surface area contributed by atoms with Crippen LogP contribution in [0.5, 0.6) is 0 Å². The minimum Gasteiger partial charge on any atom is -0.338 e. The molecule has 5 nitrogen and oxygen atoms in total. The number of rotatable bonds is 5. The van der Waals surface area contributed by atoms with E-state index >= 15 is 0 Å². The molecule has 2 heterocycles. The minimum atomic E-state index is -0.143. The number of thiophene rings is 1. The van der Waals surface area contributed by atoms with E-state index in [1.54, 1.807) is 0 Å². The number of likely N-dealkylation sites (tertiary alicyclic amines) is 1. The van der Waals surface area contributed by atoms with E-state index in [9.17, 15) is 9.59 Å². The minimum absolute atomic E-state index is 0.0131. The molecule has 2 aliphatic rings. The van der Waals surface area contributed by atoms with Gasteiger partial charge in [0.2, 0.25) is 0 Å². The number of carbonyl (C=O) groups is 2. The van der Waals surface area contributed by atoms with Crippen molar-refractivity contribution in [3.05, 3.63) is 51.9 Å². The fourth-order valence-corrected chi connectivity index (χ4v) is 4.88. The molecule has 2 N–H and O–H groups in total. The van der Waals surface area contributed by atoms with Crippen LogP contribution < -0.4 is 10.6 Å². The normalized spacial score (nSPS) is 18.6. The second kappa shape index (κ2) is 7.82. The van der Waals surface area contributed by atoms with Crippen LogP contribution in [0.15, 0.2) is 29.6 Å². The molecule has 1 aliphatic carbocycles. The van der Waals surface area contributed by atoms with E-state index in [2.05, 4.69) is 16.7 Å². The molecular weight excluding hydrogens is 358 g/mol. The molecule has 2 aromatic rings. The molecule has 2 amide bonds. The quantitative estimate of drug-likeness (QED) is 0.834. The van der Waals surface area contributed by atoms with Crippen molar-refractivity contribution in [1.82, 2.24) is 10.2 Å². The van der Waals surface area contributed by atoms with Crippen LogP contribution in [0.4, 0.5) is 5.00 Å². The highest BCUT2D eigenvalue weighted by atomic mass is 32.1. The number of carbonyl (C=O) groups excluding carboxylic acids is 2. The van der Waals surface area contributed by atoms with Gasteiger partial charge >= 0.3 is 0 Å². The topological polar surface area (TPSA) is 61.4 Å². The third-order valence-electron chi connectivity index (χ3n) is 5.55. The summed E-state index contributed by atoms with van der Waals surface area (Å²) in [4.78, 5) is 27.5. The van der Waals surface area contributed by atoms with Gasteiger partial charge in [-0.15, -0.1) is 11.3 Å². The van der Waals surface area contributed by atoms with Gasteiger partial charge in [-0.2, -0.15) is 0 Å². The Hall–Kier alpha value is -2.18. The Morgan fingerprint density at radius 1 is 1.22 bits per heavy atom. The number of anilines is 1. The van der Waals surface area contributed by atoms with E-state index in [4.69, 9.17) is 0 Å². The smallest absolute Gasteiger partial charge is 0.256 e. The lowest BCUT2D eigenvalue weighted by Crippen LogP contribution is -2.30. The summed E-state index contributed by atoms with van der Waals surface area (Å²) in [6, 6.07) is 7.76. The van der Waals surface area contributed by atoms with Crippen LogP contribution in [-0.2, 0) is 12.8 Å². The van der Waals surface area contributed by atoms with Gasteiger partial charge in [-0.1, -0.05) is 6.07 Å². The number of fused-ring (bicyclic) bond motifs is 1. The van der Waals surface area contributed by atoms with E-state index in [-0.39, 0.29) is 11.8 Å². The lowest BCUT2D eigenvalue weighted by Gasteiger charge is -2.17. The molecule has 27 heavy (non-hydrogen) atoms. The maximum atomic E-state index is 12.9. The van der Waals surface area contributed by atoms with Gasteiger partial charge in [-0.05, 0) is 79.9 Å². The van der Waals surface area contributed by atoms with Gasteiger partial charge in [0.25, 0.3) is 11.8 Å². The summed E-state index contributed by atoms with van der Waals surface area (Å²) in [6.45, 7) is 2.47. The van der Waals surface area contributed by atoms with Crippen molar-refractivity contribution in [2.24, 2.45) is 5.92 Å². The van der Waals surface area contributed by atoms with Crippen molar-refractivity contribution in [3.63, 3.8) is 0 Å². The molecule has 0 saturated carbocycles. The van der Waals surface area contributed by atoms with Gasteiger partial charge in [-0.3, -0.25) is 9.59 Å². The SMILES string of the molecule is CNCC1CCN(C(=O)c2ccsc2NC(=O)c2ccc3c(c2)CCC3)C1. The van der Waals surface area contributed by atoms with Crippen molar-refractivity contribution < 1.29 is 9.59 Å². The first-order chi connectivity index (χ1) is 13.2. The third-order valence-corrected chi connectivity index (χ3v) is 6.38. The lowest BCUT2D eigenvalue weighted by atomic mass is 10.1. The number of nitrogens with one attached hydrogen (secondary N) is 2. The van der Waals surface area contributed by atoms with Crippen LogP contribution in [0.1, 0.15) is 44.7 Å². The Balaban J connectivity index is 1.46. The van der Waals surface area contributed by atoms with Crippen molar-refractivity contribution >= 4 is 28.2 Å². The monoisotopic (exact) mass is 383 g/mol. The van der Waals surface area contributed by atoms with Crippen LogP contribution >= 0.6 is 11.3 Å². The molecule has 1 aliphatic heterocycles. The molecule has 1 fully saturated rings. The van der Waals surface area contributed by atoms with Gasteiger partial charge in [0, 0.05) is 18.7 Å². The van der Waals surface area contributed by atoms with E-state index in [1.165, 1.54) is 22.5 Å². The maximum Gasteiger partial charge on any atom is 0.256 e. The zero-order valence-electron chi connectivity index (χ0n) is 15.6. The molecule has 1 unspecified atom stereocenters. The van der Waals surface area contributed by atoms with Gasteiger partial charge in [0.15, 0.2) is 0 Å². The van der Waals surface area contributed by atoms with E-state index in [0.29, 0.717) is 22.0 Å². The molecule has 0 spiro atoms. The summed E-state index contributed by atoms with van der Waals surface area (Å²) in [5.41, 5.74) is 3.89. The van der Waals surface area contributed by atoms with Crippen LogP contribution in [0, 0.1) is 5.92 Å². The molecule has 0 bridgehead atoms. The van der Waals surface area contributed by atoms with Gasteiger partial charge in [0.1, 0.15) is 5.00 Å². The Kier molecular flexibility index (Phi) is 5.27. The highest BCUT2D eigenvalue weighted by molar-refractivity contribution is 7.14. The molecule has 6 heteroatoms. The van der Waals surface area contributed by atoms with Crippen LogP contribution in [0.2, 0.25) is 0 Å². The summed E-state index contributed by atoms with van der Waals surface area (Å²) in [5.74, 6) is 0.372. The van der Waals surface area contributed by atoms with Crippen LogP contribution in [0.25, 0.3) is 0 Å².